The summed E-state index contributed by atoms with van der Waals surface area (Å²) in [7, 11) is 1.51. The summed E-state index contributed by atoms with van der Waals surface area (Å²) in [6.45, 7) is 1.70. The van der Waals surface area contributed by atoms with E-state index in [-0.39, 0.29) is 27.8 Å². The Morgan fingerprint density at radius 1 is 1.43 bits per heavy atom. The Balaban J connectivity index is 2.35. The molecule has 0 aliphatic heterocycles. The molecule has 0 spiro atoms. The molecule has 2 rings (SSSR count). The van der Waals surface area contributed by atoms with Crippen molar-refractivity contribution in [3.05, 3.63) is 44.6 Å². The second-order valence-electron chi connectivity index (χ2n) is 4.15. The molecular formula is C12H11ClN4O4. The van der Waals surface area contributed by atoms with E-state index in [9.17, 15) is 14.9 Å². The first kappa shape index (κ1) is 14.8. The van der Waals surface area contributed by atoms with E-state index in [1.165, 1.54) is 19.2 Å². The Morgan fingerprint density at radius 3 is 2.67 bits per heavy atom. The SMILES string of the molecule is CNc1c(Cl)cc(C(=O)Nc2cc(C)no2)cc1[N+](=O)[O-]. The highest BCUT2D eigenvalue weighted by molar-refractivity contribution is 6.34. The summed E-state index contributed by atoms with van der Waals surface area (Å²) in [4.78, 5) is 22.4. The Morgan fingerprint density at radius 2 is 2.14 bits per heavy atom. The summed E-state index contributed by atoms with van der Waals surface area (Å²) in [6, 6.07) is 3.99. The lowest BCUT2D eigenvalue weighted by Gasteiger charge is -2.07. The third-order valence-corrected chi connectivity index (χ3v) is 2.94. The molecule has 2 N–H and O–H groups in total. The summed E-state index contributed by atoms with van der Waals surface area (Å²) >= 11 is 5.95. The molecule has 0 saturated heterocycles. The van der Waals surface area contributed by atoms with Crippen LogP contribution in [0.2, 0.25) is 5.02 Å². The minimum Gasteiger partial charge on any atom is -0.381 e. The highest BCUT2D eigenvalue weighted by atomic mass is 35.5. The van der Waals surface area contributed by atoms with E-state index in [0.717, 1.165) is 6.07 Å². The number of amides is 1. The summed E-state index contributed by atoms with van der Waals surface area (Å²) in [6.07, 6.45) is 0. The summed E-state index contributed by atoms with van der Waals surface area (Å²) in [5.74, 6) is -0.437. The van der Waals surface area contributed by atoms with Crippen LogP contribution in [0.4, 0.5) is 17.3 Å². The van der Waals surface area contributed by atoms with E-state index < -0.39 is 10.8 Å². The number of halogens is 1. The van der Waals surface area contributed by atoms with Crippen molar-refractivity contribution in [1.82, 2.24) is 5.16 Å². The van der Waals surface area contributed by atoms with Crippen molar-refractivity contribution in [2.24, 2.45) is 0 Å². The predicted octanol–water partition coefficient (Wildman–Crippen LogP) is 2.84. The van der Waals surface area contributed by atoms with Gasteiger partial charge in [-0.2, -0.15) is 0 Å². The molecule has 21 heavy (non-hydrogen) atoms. The number of hydrogen-bond donors (Lipinski definition) is 2. The van der Waals surface area contributed by atoms with Gasteiger partial charge in [-0.15, -0.1) is 0 Å². The van der Waals surface area contributed by atoms with Crippen LogP contribution in [0.25, 0.3) is 0 Å². The number of nitrogens with zero attached hydrogens (tertiary/aromatic N) is 2. The average molecular weight is 311 g/mol. The number of aromatic nitrogens is 1. The lowest BCUT2D eigenvalue weighted by Crippen LogP contribution is -2.12. The molecule has 9 heteroatoms. The summed E-state index contributed by atoms with van der Waals surface area (Å²) < 4.78 is 4.85. The van der Waals surface area contributed by atoms with Gasteiger partial charge < -0.3 is 9.84 Å². The van der Waals surface area contributed by atoms with Crippen molar-refractivity contribution in [2.75, 3.05) is 17.7 Å². The van der Waals surface area contributed by atoms with Crippen LogP contribution < -0.4 is 10.6 Å². The fraction of sp³-hybridized carbons (Fsp3) is 0.167. The topological polar surface area (TPSA) is 110 Å². The van der Waals surface area contributed by atoms with E-state index in [4.69, 9.17) is 16.1 Å². The predicted molar refractivity (Wildman–Crippen MR) is 76.8 cm³/mol. The molecule has 0 atom stereocenters. The first-order chi connectivity index (χ1) is 9.92. The van der Waals surface area contributed by atoms with Crippen LogP contribution >= 0.6 is 11.6 Å². The van der Waals surface area contributed by atoms with Gasteiger partial charge in [0.05, 0.1) is 15.6 Å². The molecule has 0 fully saturated rings. The Kier molecular flexibility index (Phi) is 4.08. The number of carbonyl (C=O) groups excluding carboxylic acids is 1. The molecule has 0 unspecified atom stereocenters. The Bertz CT molecular complexity index is 713. The quantitative estimate of drug-likeness (QED) is 0.663. The maximum Gasteiger partial charge on any atom is 0.294 e. The first-order valence-corrected chi connectivity index (χ1v) is 6.20. The fourth-order valence-electron chi connectivity index (χ4n) is 1.72. The molecule has 0 saturated carbocycles. The van der Waals surface area contributed by atoms with Crippen LogP contribution in [0.5, 0.6) is 0 Å². The molecule has 110 valence electrons. The van der Waals surface area contributed by atoms with Gasteiger partial charge in [0, 0.05) is 24.7 Å². The minimum absolute atomic E-state index is 0.0414. The van der Waals surface area contributed by atoms with Crippen LogP contribution in [0.1, 0.15) is 16.1 Å². The smallest absolute Gasteiger partial charge is 0.294 e. The molecule has 1 amide bonds. The van der Waals surface area contributed by atoms with Crippen molar-refractivity contribution in [3.8, 4) is 0 Å². The van der Waals surface area contributed by atoms with Crippen molar-refractivity contribution in [1.29, 1.82) is 0 Å². The zero-order valence-corrected chi connectivity index (χ0v) is 11.9. The number of rotatable bonds is 4. The first-order valence-electron chi connectivity index (χ1n) is 5.82. The van der Waals surface area contributed by atoms with E-state index in [2.05, 4.69) is 15.8 Å². The second-order valence-corrected chi connectivity index (χ2v) is 4.55. The lowest BCUT2D eigenvalue weighted by molar-refractivity contribution is -0.383. The van der Waals surface area contributed by atoms with Gasteiger partial charge in [0.25, 0.3) is 11.6 Å². The van der Waals surface area contributed by atoms with Gasteiger partial charge in [-0.05, 0) is 13.0 Å². The molecule has 1 heterocycles. The molecule has 0 aliphatic rings. The van der Waals surface area contributed by atoms with Crippen molar-refractivity contribution in [2.45, 2.75) is 6.92 Å². The largest absolute Gasteiger partial charge is 0.381 e. The number of nitro groups is 1. The van der Waals surface area contributed by atoms with E-state index in [1.54, 1.807) is 6.92 Å². The molecular weight excluding hydrogens is 300 g/mol. The van der Waals surface area contributed by atoms with E-state index >= 15 is 0 Å². The van der Waals surface area contributed by atoms with Crippen LogP contribution in [-0.4, -0.2) is 23.0 Å². The molecule has 2 aromatic rings. The molecule has 1 aromatic heterocycles. The van der Waals surface area contributed by atoms with Gasteiger partial charge in [-0.25, -0.2) is 0 Å². The zero-order chi connectivity index (χ0) is 15.6. The van der Waals surface area contributed by atoms with Gasteiger partial charge in [-0.1, -0.05) is 16.8 Å². The van der Waals surface area contributed by atoms with Gasteiger partial charge in [-0.3, -0.25) is 20.2 Å². The molecule has 0 radical (unpaired) electrons. The number of nitro benzene ring substituents is 1. The van der Waals surface area contributed by atoms with Gasteiger partial charge in [0.1, 0.15) is 5.69 Å². The fourth-order valence-corrected chi connectivity index (χ4v) is 2.03. The third kappa shape index (κ3) is 3.11. The Labute approximate surface area is 124 Å². The normalized spacial score (nSPS) is 10.2. The average Bonchev–Trinajstić information content (AvgIpc) is 2.82. The molecule has 8 nitrogen and oxygen atoms in total. The highest BCUT2D eigenvalue weighted by Gasteiger charge is 2.21. The maximum absolute atomic E-state index is 12.0. The number of carbonyl (C=O) groups is 1. The second kappa shape index (κ2) is 5.80. The zero-order valence-electron chi connectivity index (χ0n) is 11.1. The molecule has 0 aliphatic carbocycles. The van der Waals surface area contributed by atoms with Crippen LogP contribution in [0, 0.1) is 17.0 Å². The number of anilines is 2. The number of hydrogen-bond acceptors (Lipinski definition) is 6. The Hall–Kier alpha value is -2.61. The van der Waals surface area contributed by atoms with Gasteiger partial charge >= 0.3 is 0 Å². The number of aryl methyl sites for hydroxylation is 1. The van der Waals surface area contributed by atoms with Gasteiger partial charge in [0.15, 0.2) is 0 Å². The third-order valence-electron chi connectivity index (χ3n) is 2.64. The van der Waals surface area contributed by atoms with Crippen LogP contribution in [0.15, 0.2) is 22.7 Å². The van der Waals surface area contributed by atoms with Crippen LogP contribution in [-0.2, 0) is 0 Å². The van der Waals surface area contributed by atoms with Crippen molar-refractivity contribution < 1.29 is 14.2 Å². The van der Waals surface area contributed by atoms with Crippen molar-refractivity contribution in [3.63, 3.8) is 0 Å². The minimum atomic E-state index is -0.618. The van der Waals surface area contributed by atoms with Crippen LogP contribution in [0.3, 0.4) is 0 Å². The highest BCUT2D eigenvalue weighted by Crippen LogP contribution is 2.33. The van der Waals surface area contributed by atoms with E-state index in [0.29, 0.717) is 5.69 Å². The lowest BCUT2D eigenvalue weighted by atomic mass is 10.1. The maximum atomic E-state index is 12.0. The number of nitrogens with one attached hydrogen (secondary N) is 2. The summed E-state index contributed by atoms with van der Waals surface area (Å²) in [5.41, 5.74) is 0.497. The monoisotopic (exact) mass is 310 g/mol. The van der Waals surface area contributed by atoms with E-state index in [1.807, 2.05) is 0 Å². The molecule has 1 aromatic carbocycles. The number of benzene rings is 1. The standard InChI is InChI=1S/C12H11ClN4O4/c1-6-3-10(21-16-6)15-12(18)7-4-8(13)11(14-2)9(5-7)17(19)20/h3-5,14H,1-2H3,(H,15,18). The van der Waals surface area contributed by atoms with Gasteiger partial charge in [0.2, 0.25) is 5.88 Å². The summed E-state index contributed by atoms with van der Waals surface area (Å²) in [5, 5.41) is 19.8. The molecule has 0 bridgehead atoms. The van der Waals surface area contributed by atoms with Crippen molar-refractivity contribution >= 4 is 34.8 Å².